The molecule has 1 saturated heterocycles. The predicted molar refractivity (Wildman–Crippen MR) is 109 cm³/mol. The average Bonchev–Trinajstić information content (AvgIpc) is 2.96. The number of rotatable bonds is 7. The number of imide groups is 1. The minimum atomic E-state index is -0.423. The molecule has 6 heteroatoms. The third-order valence-corrected chi connectivity index (χ3v) is 5.65. The van der Waals surface area contributed by atoms with Crippen LogP contribution in [0.4, 0.5) is 11.4 Å². The Morgan fingerprint density at radius 3 is 2.56 bits per heavy atom. The molecule has 1 fully saturated rings. The summed E-state index contributed by atoms with van der Waals surface area (Å²) in [5.41, 5.74) is 2.52. The molecule has 0 saturated carbocycles. The molecule has 0 radical (unpaired) electrons. The third-order valence-electron chi connectivity index (χ3n) is 4.44. The van der Waals surface area contributed by atoms with Crippen molar-refractivity contribution >= 4 is 40.9 Å². The number of carbonyl (C=O) groups is 3. The maximum absolute atomic E-state index is 12.6. The number of hydrogen-bond donors (Lipinski definition) is 1. The number of carbonyl (C=O) groups excluding carboxylic acids is 3. The minimum absolute atomic E-state index is 0.0833. The smallest absolute Gasteiger partial charge is 0.247 e. The van der Waals surface area contributed by atoms with Crippen LogP contribution in [0.15, 0.2) is 54.6 Å². The average molecular weight is 382 g/mol. The summed E-state index contributed by atoms with van der Waals surface area (Å²) < 4.78 is 0. The number of nitrogens with zero attached hydrogens (tertiary/aromatic N) is 1. The monoisotopic (exact) mass is 382 g/mol. The van der Waals surface area contributed by atoms with E-state index < -0.39 is 5.25 Å². The van der Waals surface area contributed by atoms with E-state index in [9.17, 15) is 14.4 Å². The lowest BCUT2D eigenvalue weighted by molar-refractivity contribution is -0.121. The van der Waals surface area contributed by atoms with Crippen LogP contribution in [0, 0.1) is 0 Å². The predicted octanol–water partition coefficient (Wildman–Crippen LogP) is 3.64. The summed E-state index contributed by atoms with van der Waals surface area (Å²) >= 11 is 1.37. The number of thioether (sulfide) groups is 1. The molecule has 1 aliphatic rings. The van der Waals surface area contributed by atoms with E-state index in [0.29, 0.717) is 17.9 Å². The van der Waals surface area contributed by atoms with E-state index in [2.05, 4.69) is 5.32 Å². The number of nitrogens with one attached hydrogen (secondary N) is 1. The first-order chi connectivity index (χ1) is 13.1. The van der Waals surface area contributed by atoms with Crippen molar-refractivity contribution in [2.45, 2.75) is 31.4 Å². The van der Waals surface area contributed by atoms with E-state index in [4.69, 9.17) is 0 Å². The molecule has 0 aromatic heterocycles. The van der Waals surface area contributed by atoms with E-state index >= 15 is 0 Å². The topological polar surface area (TPSA) is 66.5 Å². The number of para-hydroxylation sites is 2. The molecular formula is C21H22N2O3S. The van der Waals surface area contributed by atoms with Crippen LogP contribution in [0.1, 0.15) is 25.3 Å². The minimum Gasteiger partial charge on any atom is -0.326 e. The Morgan fingerprint density at radius 1 is 1.11 bits per heavy atom. The van der Waals surface area contributed by atoms with Gasteiger partial charge in [0.25, 0.3) is 0 Å². The Morgan fingerprint density at radius 2 is 1.81 bits per heavy atom. The number of aryl methyl sites for hydroxylation is 1. The molecule has 2 aromatic carbocycles. The Hall–Kier alpha value is -2.60. The molecular weight excluding hydrogens is 360 g/mol. The third kappa shape index (κ3) is 4.57. The molecule has 1 unspecified atom stereocenters. The SMILES string of the molecule is CCc1ccccc1NC(=O)CCSC1CC(=O)N(c2ccccc2)C1=O. The van der Waals surface area contributed by atoms with Crippen molar-refractivity contribution in [1.82, 2.24) is 0 Å². The molecule has 140 valence electrons. The van der Waals surface area contributed by atoms with E-state index in [1.165, 1.54) is 16.7 Å². The molecule has 3 amide bonds. The second-order valence-corrected chi connectivity index (χ2v) is 7.59. The van der Waals surface area contributed by atoms with Crippen LogP contribution in [0.2, 0.25) is 0 Å². The zero-order valence-electron chi connectivity index (χ0n) is 15.2. The first-order valence-corrected chi connectivity index (χ1v) is 10.1. The van der Waals surface area contributed by atoms with Crippen molar-refractivity contribution in [3.63, 3.8) is 0 Å². The second kappa shape index (κ2) is 8.86. The van der Waals surface area contributed by atoms with Gasteiger partial charge in [0, 0.05) is 24.3 Å². The standard InChI is InChI=1S/C21H22N2O3S/c1-2-15-8-6-7-11-17(15)22-19(24)12-13-27-18-14-20(25)23(21(18)26)16-9-4-3-5-10-16/h3-11,18H,2,12-14H2,1H3,(H,22,24). The molecule has 1 atom stereocenters. The number of amides is 3. The zero-order valence-corrected chi connectivity index (χ0v) is 16.0. The summed E-state index contributed by atoms with van der Waals surface area (Å²) in [6.07, 6.45) is 1.32. The summed E-state index contributed by atoms with van der Waals surface area (Å²) in [5.74, 6) is 0.0185. The van der Waals surface area contributed by atoms with Crippen LogP contribution < -0.4 is 10.2 Å². The van der Waals surface area contributed by atoms with Gasteiger partial charge in [-0.1, -0.05) is 43.3 Å². The van der Waals surface area contributed by atoms with Gasteiger partial charge in [-0.2, -0.15) is 0 Å². The first-order valence-electron chi connectivity index (χ1n) is 9.01. The lowest BCUT2D eigenvalue weighted by Gasteiger charge is -2.14. The first kappa shape index (κ1) is 19.2. The Labute approximate surface area is 163 Å². The van der Waals surface area contributed by atoms with Gasteiger partial charge >= 0.3 is 0 Å². The largest absolute Gasteiger partial charge is 0.326 e. The highest BCUT2D eigenvalue weighted by Crippen LogP contribution is 2.29. The summed E-state index contributed by atoms with van der Waals surface area (Å²) in [6.45, 7) is 2.04. The fourth-order valence-corrected chi connectivity index (χ4v) is 4.14. The molecule has 0 bridgehead atoms. The van der Waals surface area contributed by atoms with Crippen molar-refractivity contribution in [2.24, 2.45) is 0 Å². The van der Waals surface area contributed by atoms with Gasteiger partial charge in [-0.25, -0.2) is 4.90 Å². The van der Waals surface area contributed by atoms with Crippen molar-refractivity contribution < 1.29 is 14.4 Å². The molecule has 2 aromatic rings. The molecule has 1 heterocycles. The maximum Gasteiger partial charge on any atom is 0.247 e. The van der Waals surface area contributed by atoms with Crippen LogP contribution in [-0.4, -0.2) is 28.7 Å². The molecule has 1 N–H and O–H groups in total. The Balaban J connectivity index is 1.51. The molecule has 1 aliphatic heterocycles. The van der Waals surface area contributed by atoms with Crippen molar-refractivity contribution in [3.8, 4) is 0 Å². The summed E-state index contributed by atoms with van der Waals surface area (Å²) in [7, 11) is 0. The van der Waals surface area contributed by atoms with Gasteiger partial charge in [0.05, 0.1) is 10.9 Å². The van der Waals surface area contributed by atoms with Gasteiger partial charge in [-0.15, -0.1) is 11.8 Å². The normalized spacial score (nSPS) is 16.6. The summed E-state index contributed by atoms with van der Waals surface area (Å²) in [5, 5.41) is 2.50. The van der Waals surface area contributed by atoms with Gasteiger partial charge in [0.2, 0.25) is 17.7 Å². The van der Waals surface area contributed by atoms with Gasteiger partial charge in [0.15, 0.2) is 0 Å². The van der Waals surface area contributed by atoms with Gasteiger partial charge in [-0.05, 0) is 30.2 Å². The number of benzene rings is 2. The molecule has 0 spiro atoms. The van der Waals surface area contributed by atoms with E-state index in [-0.39, 0.29) is 24.1 Å². The number of hydrogen-bond acceptors (Lipinski definition) is 4. The lowest BCUT2D eigenvalue weighted by Crippen LogP contribution is -2.31. The highest BCUT2D eigenvalue weighted by Gasteiger charge is 2.39. The fourth-order valence-electron chi connectivity index (χ4n) is 3.04. The molecule has 3 rings (SSSR count). The van der Waals surface area contributed by atoms with Crippen LogP contribution in [0.3, 0.4) is 0 Å². The maximum atomic E-state index is 12.6. The molecule has 5 nitrogen and oxygen atoms in total. The van der Waals surface area contributed by atoms with E-state index in [1.807, 2.05) is 37.3 Å². The lowest BCUT2D eigenvalue weighted by atomic mass is 10.1. The quantitative estimate of drug-likeness (QED) is 0.743. The van der Waals surface area contributed by atoms with E-state index in [0.717, 1.165) is 17.7 Å². The Bertz CT molecular complexity index is 838. The molecule has 0 aliphatic carbocycles. The van der Waals surface area contributed by atoms with Gasteiger partial charge in [-0.3, -0.25) is 14.4 Å². The van der Waals surface area contributed by atoms with Crippen LogP contribution in [-0.2, 0) is 20.8 Å². The zero-order chi connectivity index (χ0) is 19.2. The molecule has 27 heavy (non-hydrogen) atoms. The Kier molecular flexibility index (Phi) is 6.29. The summed E-state index contributed by atoms with van der Waals surface area (Å²) in [6, 6.07) is 16.7. The van der Waals surface area contributed by atoms with Crippen molar-refractivity contribution in [3.05, 3.63) is 60.2 Å². The van der Waals surface area contributed by atoms with Crippen LogP contribution in [0.25, 0.3) is 0 Å². The highest BCUT2D eigenvalue weighted by atomic mass is 32.2. The number of anilines is 2. The van der Waals surface area contributed by atoms with Crippen LogP contribution in [0.5, 0.6) is 0 Å². The van der Waals surface area contributed by atoms with Gasteiger partial charge in [0.1, 0.15) is 0 Å². The van der Waals surface area contributed by atoms with Crippen molar-refractivity contribution in [1.29, 1.82) is 0 Å². The van der Waals surface area contributed by atoms with Crippen LogP contribution >= 0.6 is 11.8 Å². The second-order valence-electron chi connectivity index (χ2n) is 6.28. The van der Waals surface area contributed by atoms with Crippen molar-refractivity contribution in [2.75, 3.05) is 16.0 Å². The van der Waals surface area contributed by atoms with E-state index in [1.54, 1.807) is 24.3 Å². The summed E-state index contributed by atoms with van der Waals surface area (Å²) in [4.78, 5) is 38.2. The highest BCUT2D eigenvalue weighted by molar-refractivity contribution is 8.00. The fraction of sp³-hybridized carbons (Fsp3) is 0.286. The van der Waals surface area contributed by atoms with Gasteiger partial charge < -0.3 is 5.32 Å².